The standard InChI is InChI=1S/C17H26N4OS/c1-12-16(20-21-19-12)17(22)18-14-7-5-6-13(10-14)11-23-15-8-3-2-4-9-15/h5-7,10,12,15-16,19-21H,2-4,8-9,11H2,1H3,(H,18,22). The van der Waals surface area contributed by atoms with Crippen LogP contribution in [0.25, 0.3) is 0 Å². The van der Waals surface area contributed by atoms with Crippen LogP contribution >= 0.6 is 11.8 Å². The van der Waals surface area contributed by atoms with Gasteiger partial charge in [-0.2, -0.15) is 17.3 Å². The number of benzene rings is 1. The monoisotopic (exact) mass is 334 g/mol. The van der Waals surface area contributed by atoms with Gasteiger partial charge in [0.05, 0.1) is 0 Å². The molecule has 126 valence electrons. The molecule has 4 N–H and O–H groups in total. The molecule has 0 radical (unpaired) electrons. The molecule has 1 saturated heterocycles. The minimum atomic E-state index is -0.268. The van der Waals surface area contributed by atoms with Crippen molar-refractivity contribution in [2.75, 3.05) is 5.32 Å². The number of amides is 1. The van der Waals surface area contributed by atoms with Crippen molar-refractivity contribution in [3.63, 3.8) is 0 Å². The van der Waals surface area contributed by atoms with Crippen LogP contribution in [0.1, 0.15) is 44.6 Å². The number of carbonyl (C=O) groups excluding carboxylic acids is 1. The quantitative estimate of drug-likeness (QED) is 0.666. The van der Waals surface area contributed by atoms with Gasteiger partial charge in [-0.25, -0.2) is 10.9 Å². The van der Waals surface area contributed by atoms with Gasteiger partial charge >= 0.3 is 0 Å². The van der Waals surface area contributed by atoms with Crippen LogP contribution in [0.5, 0.6) is 0 Å². The van der Waals surface area contributed by atoms with Crippen molar-refractivity contribution >= 4 is 23.4 Å². The zero-order valence-corrected chi connectivity index (χ0v) is 14.4. The molecule has 1 amide bonds. The molecule has 2 unspecified atom stereocenters. The molecule has 23 heavy (non-hydrogen) atoms. The SMILES string of the molecule is CC1NNNC1C(=O)Nc1cccc(CSC2CCCCC2)c1. The first-order valence-corrected chi connectivity index (χ1v) is 9.55. The molecule has 1 saturated carbocycles. The second-order valence-electron chi connectivity index (χ2n) is 6.44. The van der Waals surface area contributed by atoms with Gasteiger partial charge in [-0.05, 0) is 37.5 Å². The summed E-state index contributed by atoms with van der Waals surface area (Å²) in [4.78, 5) is 12.3. The van der Waals surface area contributed by atoms with E-state index < -0.39 is 0 Å². The van der Waals surface area contributed by atoms with Crippen molar-refractivity contribution < 1.29 is 4.79 Å². The summed E-state index contributed by atoms with van der Waals surface area (Å²) >= 11 is 2.06. The van der Waals surface area contributed by atoms with Gasteiger partial charge in [0, 0.05) is 22.7 Å². The normalized spacial score (nSPS) is 25.4. The number of rotatable bonds is 5. The van der Waals surface area contributed by atoms with Crippen molar-refractivity contribution in [1.82, 2.24) is 16.4 Å². The maximum absolute atomic E-state index is 12.3. The largest absolute Gasteiger partial charge is 0.325 e. The number of hydrogen-bond donors (Lipinski definition) is 4. The van der Waals surface area contributed by atoms with Crippen molar-refractivity contribution in [3.8, 4) is 0 Å². The van der Waals surface area contributed by atoms with E-state index in [0.717, 1.165) is 16.7 Å². The molecule has 2 fully saturated rings. The molecule has 1 heterocycles. The fourth-order valence-corrected chi connectivity index (χ4v) is 4.41. The highest BCUT2D eigenvalue weighted by atomic mass is 32.2. The van der Waals surface area contributed by atoms with E-state index in [0.29, 0.717) is 0 Å². The maximum Gasteiger partial charge on any atom is 0.244 e. The zero-order valence-electron chi connectivity index (χ0n) is 13.6. The van der Waals surface area contributed by atoms with Gasteiger partial charge in [0.1, 0.15) is 6.04 Å². The molecule has 1 aliphatic heterocycles. The lowest BCUT2D eigenvalue weighted by Crippen LogP contribution is -2.43. The molecule has 2 aliphatic rings. The number of anilines is 1. The molecular weight excluding hydrogens is 308 g/mol. The molecule has 1 aromatic carbocycles. The van der Waals surface area contributed by atoms with Crippen LogP contribution in [0.15, 0.2) is 24.3 Å². The summed E-state index contributed by atoms with van der Waals surface area (Å²) in [6, 6.07) is 8.00. The molecule has 0 spiro atoms. The highest BCUT2D eigenvalue weighted by molar-refractivity contribution is 7.99. The lowest BCUT2D eigenvalue weighted by molar-refractivity contribution is -0.118. The number of carbonyl (C=O) groups is 1. The van der Waals surface area contributed by atoms with Crippen LogP contribution in [-0.2, 0) is 10.5 Å². The van der Waals surface area contributed by atoms with E-state index in [-0.39, 0.29) is 18.0 Å². The first kappa shape index (κ1) is 16.8. The Kier molecular flexibility index (Phi) is 5.94. The second-order valence-corrected chi connectivity index (χ2v) is 7.73. The lowest BCUT2D eigenvalue weighted by atomic mass is 10.0. The molecule has 6 heteroatoms. The Balaban J connectivity index is 1.53. The molecule has 1 aliphatic carbocycles. The van der Waals surface area contributed by atoms with Gasteiger partial charge in [0.25, 0.3) is 0 Å². The zero-order chi connectivity index (χ0) is 16.1. The van der Waals surface area contributed by atoms with Crippen molar-refractivity contribution in [2.24, 2.45) is 0 Å². The van der Waals surface area contributed by atoms with Crippen LogP contribution < -0.4 is 21.7 Å². The van der Waals surface area contributed by atoms with Crippen LogP contribution in [0.4, 0.5) is 5.69 Å². The first-order chi connectivity index (χ1) is 11.2. The molecule has 2 atom stereocenters. The summed E-state index contributed by atoms with van der Waals surface area (Å²) in [6.45, 7) is 1.97. The van der Waals surface area contributed by atoms with Crippen LogP contribution in [-0.4, -0.2) is 23.2 Å². The van der Waals surface area contributed by atoms with E-state index in [4.69, 9.17) is 0 Å². The summed E-state index contributed by atoms with van der Waals surface area (Å²) < 4.78 is 0. The Hall–Kier alpha value is -1.08. The van der Waals surface area contributed by atoms with E-state index in [1.807, 2.05) is 19.1 Å². The predicted octanol–water partition coefficient (Wildman–Crippen LogP) is 2.56. The van der Waals surface area contributed by atoms with Crippen molar-refractivity contribution in [1.29, 1.82) is 0 Å². The van der Waals surface area contributed by atoms with E-state index >= 15 is 0 Å². The van der Waals surface area contributed by atoms with Gasteiger partial charge in [-0.3, -0.25) is 4.79 Å². The van der Waals surface area contributed by atoms with E-state index in [9.17, 15) is 4.79 Å². The predicted molar refractivity (Wildman–Crippen MR) is 95.9 cm³/mol. The second kappa shape index (κ2) is 8.15. The minimum absolute atomic E-state index is 0.0212. The molecule has 3 rings (SSSR count). The molecule has 0 bridgehead atoms. The third-order valence-corrected chi connectivity index (χ3v) is 5.99. The third-order valence-electron chi connectivity index (χ3n) is 4.54. The number of thioether (sulfide) groups is 1. The topological polar surface area (TPSA) is 65.2 Å². The minimum Gasteiger partial charge on any atom is -0.325 e. The molecule has 5 nitrogen and oxygen atoms in total. The van der Waals surface area contributed by atoms with Crippen LogP contribution in [0.2, 0.25) is 0 Å². The highest BCUT2D eigenvalue weighted by Gasteiger charge is 2.29. The van der Waals surface area contributed by atoms with Gasteiger partial charge in [0.2, 0.25) is 5.91 Å². The average molecular weight is 334 g/mol. The fourth-order valence-electron chi connectivity index (χ4n) is 3.14. The number of hydrazine groups is 2. The molecule has 0 aromatic heterocycles. The van der Waals surface area contributed by atoms with Gasteiger partial charge in [-0.1, -0.05) is 31.4 Å². The summed E-state index contributed by atoms with van der Waals surface area (Å²) in [5.74, 6) is 1.00. The average Bonchev–Trinajstić information content (AvgIpc) is 3.00. The Morgan fingerprint density at radius 3 is 2.83 bits per heavy atom. The van der Waals surface area contributed by atoms with Gasteiger partial charge in [0.15, 0.2) is 0 Å². The smallest absolute Gasteiger partial charge is 0.244 e. The number of hydrogen-bond acceptors (Lipinski definition) is 5. The Morgan fingerprint density at radius 1 is 1.26 bits per heavy atom. The summed E-state index contributed by atoms with van der Waals surface area (Å²) in [7, 11) is 0. The van der Waals surface area contributed by atoms with Crippen LogP contribution in [0.3, 0.4) is 0 Å². The lowest BCUT2D eigenvalue weighted by Gasteiger charge is -2.21. The molecule has 1 aromatic rings. The third kappa shape index (κ3) is 4.70. The summed E-state index contributed by atoms with van der Waals surface area (Å²) in [5.41, 5.74) is 10.9. The van der Waals surface area contributed by atoms with E-state index in [1.54, 1.807) is 0 Å². The van der Waals surface area contributed by atoms with Gasteiger partial charge < -0.3 is 5.32 Å². The summed E-state index contributed by atoms with van der Waals surface area (Å²) in [6.07, 6.45) is 6.86. The molecular formula is C17H26N4OS. The van der Waals surface area contributed by atoms with E-state index in [2.05, 4.69) is 45.6 Å². The Bertz CT molecular complexity index is 533. The highest BCUT2D eigenvalue weighted by Crippen LogP contribution is 2.30. The maximum atomic E-state index is 12.3. The Morgan fingerprint density at radius 2 is 2.09 bits per heavy atom. The van der Waals surface area contributed by atoms with Crippen molar-refractivity contribution in [2.45, 2.75) is 62.1 Å². The number of nitrogens with one attached hydrogen (secondary N) is 4. The fraction of sp³-hybridized carbons (Fsp3) is 0.588. The van der Waals surface area contributed by atoms with Crippen LogP contribution in [0, 0.1) is 0 Å². The van der Waals surface area contributed by atoms with Crippen molar-refractivity contribution in [3.05, 3.63) is 29.8 Å². The Labute approximate surface area is 142 Å². The first-order valence-electron chi connectivity index (χ1n) is 8.50. The summed E-state index contributed by atoms with van der Waals surface area (Å²) in [5, 5.41) is 3.81. The van der Waals surface area contributed by atoms with E-state index in [1.165, 1.54) is 37.7 Å². The van der Waals surface area contributed by atoms with Gasteiger partial charge in [-0.15, -0.1) is 0 Å².